The van der Waals surface area contributed by atoms with Crippen molar-refractivity contribution in [3.63, 3.8) is 0 Å². The number of carbonyl (C=O) groups is 1. The number of aromatic amines is 2. The fraction of sp³-hybridized carbons (Fsp3) is 0. The van der Waals surface area contributed by atoms with Crippen molar-refractivity contribution < 1.29 is 9.90 Å². The second-order valence-corrected chi connectivity index (χ2v) is 3.59. The number of pyridine rings is 1. The van der Waals surface area contributed by atoms with Crippen LogP contribution in [0.2, 0.25) is 0 Å². The van der Waals surface area contributed by atoms with E-state index < -0.39 is 5.97 Å². The molecule has 6 nitrogen and oxygen atoms in total. The molecule has 3 aromatic heterocycles. The van der Waals surface area contributed by atoms with Gasteiger partial charge in [-0.2, -0.15) is 5.10 Å². The molecule has 3 N–H and O–H groups in total. The third kappa shape index (κ3) is 1.46. The minimum absolute atomic E-state index is 0.228. The Labute approximate surface area is 95.3 Å². The summed E-state index contributed by atoms with van der Waals surface area (Å²) in [5.74, 6) is -0.964. The molecule has 3 heterocycles. The number of carboxylic acids is 1. The fourth-order valence-electron chi connectivity index (χ4n) is 1.73. The van der Waals surface area contributed by atoms with Crippen LogP contribution in [-0.2, 0) is 0 Å². The average molecular weight is 228 g/mol. The van der Waals surface area contributed by atoms with Crippen LogP contribution < -0.4 is 0 Å². The van der Waals surface area contributed by atoms with Gasteiger partial charge < -0.3 is 10.1 Å². The highest BCUT2D eigenvalue weighted by Gasteiger charge is 2.12. The quantitative estimate of drug-likeness (QED) is 0.621. The van der Waals surface area contributed by atoms with Gasteiger partial charge in [-0.3, -0.25) is 5.10 Å². The minimum Gasteiger partial charge on any atom is -0.478 e. The Bertz CT molecular complexity index is 685. The first-order valence-corrected chi connectivity index (χ1v) is 4.96. The SMILES string of the molecule is O=C(O)c1c[nH]c2nc(-c3cn[nH]c3)ccc12. The van der Waals surface area contributed by atoms with Crippen molar-refractivity contribution in [2.24, 2.45) is 0 Å². The Hall–Kier alpha value is -2.63. The fourth-order valence-corrected chi connectivity index (χ4v) is 1.73. The monoisotopic (exact) mass is 228 g/mol. The van der Waals surface area contributed by atoms with Gasteiger partial charge in [0.05, 0.1) is 17.5 Å². The van der Waals surface area contributed by atoms with Crippen LogP contribution in [0.15, 0.2) is 30.7 Å². The second kappa shape index (κ2) is 3.44. The van der Waals surface area contributed by atoms with E-state index in [9.17, 15) is 4.79 Å². The average Bonchev–Trinajstić information content (AvgIpc) is 2.97. The molecule has 0 bridgehead atoms. The second-order valence-electron chi connectivity index (χ2n) is 3.59. The lowest BCUT2D eigenvalue weighted by Crippen LogP contribution is -1.93. The highest BCUT2D eigenvalue weighted by atomic mass is 16.4. The Morgan fingerprint density at radius 2 is 2.18 bits per heavy atom. The molecule has 3 aromatic rings. The van der Waals surface area contributed by atoms with E-state index in [2.05, 4.69) is 20.2 Å². The number of nitrogens with one attached hydrogen (secondary N) is 2. The van der Waals surface area contributed by atoms with E-state index in [0.29, 0.717) is 11.0 Å². The van der Waals surface area contributed by atoms with Crippen molar-refractivity contribution in [1.82, 2.24) is 20.2 Å². The smallest absolute Gasteiger partial charge is 0.337 e. The summed E-state index contributed by atoms with van der Waals surface area (Å²) in [6.07, 6.45) is 4.84. The zero-order valence-electron chi connectivity index (χ0n) is 8.64. The van der Waals surface area contributed by atoms with Crippen molar-refractivity contribution >= 4 is 17.0 Å². The third-order valence-electron chi connectivity index (χ3n) is 2.56. The van der Waals surface area contributed by atoms with E-state index in [1.807, 2.05) is 0 Å². The van der Waals surface area contributed by atoms with Gasteiger partial charge in [0.25, 0.3) is 0 Å². The number of hydrogen-bond acceptors (Lipinski definition) is 3. The molecule has 0 aromatic carbocycles. The molecule has 0 unspecified atom stereocenters. The molecule has 0 saturated carbocycles. The van der Waals surface area contributed by atoms with Crippen LogP contribution in [0.3, 0.4) is 0 Å². The van der Waals surface area contributed by atoms with Crippen LogP contribution in [0.25, 0.3) is 22.3 Å². The van der Waals surface area contributed by atoms with Gasteiger partial charge >= 0.3 is 5.97 Å². The van der Waals surface area contributed by atoms with Gasteiger partial charge in [-0.05, 0) is 12.1 Å². The molecule has 0 aliphatic carbocycles. The third-order valence-corrected chi connectivity index (χ3v) is 2.56. The van der Waals surface area contributed by atoms with Crippen LogP contribution in [0, 0.1) is 0 Å². The molecular weight excluding hydrogens is 220 g/mol. The maximum absolute atomic E-state index is 10.9. The van der Waals surface area contributed by atoms with Crippen molar-refractivity contribution in [3.05, 3.63) is 36.3 Å². The normalized spacial score (nSPS) is 10.8. The number of rotatable bonds is 2. The summed E-state index contributed by atoms with van der Waals surface area (Å²) in [6.45, 7) is 0. The lowest BCUT2D eigenvalue weighted by atomic mass is 10.2. The number of hydrogen-bond donors (Lipinski definition) is 3. The number of carboxylic acid groups (broad SMARTS) is 1. The Kier molecular flexibility index (Phi) is 1.94. The van der Waals surface area contributed by atoms with Gasteiger partial charge in [0.1, 0.15) is 5.65 Å². The molecule has 0 aliphatic heterocycles. The summed E-state index contributed by atoms with van der Waals surface area (Å²) in [6, 6.07) is 3.51. The summed E-state index contributed by atoms with van der Waals surface area (Å²) < 4.78 is 0. The summed E-state index contributed by atoms with van der Waals surface area (Å²) in [4.78, 5) is 18.1. The number of H-pyrrole nitrogens is 2. The molecule has 3 rings (SSSR count). The summed E-state index contributed by atoms with van der Waals surface area (Å²) >= 11 is 0. The predicted octanol–water partition coefficient (Wildman–Crippen LogP) is 1.65. The van der Waals surface area contributed by atoms with Crippen molar-refractivity contribution in [2.45, 2.75) is 0 Å². The molecule has 84 valence electrons. The van der Waals surface area contributed by atoms with E-state index in [1.165, 1.54) is 6.20 Å². The Balaban J connectivity index is 2.18. The van der Waals surface area contributed by atoms with Gasteiger partial charge in [0.15, 0.2) is 0 Å². The Morgan fingerprint density at radius 3 is 2.88 bits per heavy atom. The van der Waals surface area contributed by atoms with Crippen molar-refractivity contribution in [2.75, 3.05) is 0 Å². The largest absolute Gasteiger partial charge is 0.478 e. The van der Waals surface area contributed by atoms with Gasteiger partial charge in [-0.15, -0.1) is 0 Å². The number of aromatic nitrogens is 4. The lowest BCUT2D eigenvalue weighted by Gasteiger charge is -1.97. The predicted molar refractivity (Wildman–Crippen MR) is 60.6 cm³/mol. The van der Waals surface area contributed by atoms with Gasteiger partial charge in [0, 0.05) is 23.3 Å². The lowest BCUT2D eigenvalue weighted by molar-refractivity contribution is 0.0699. The number of fused-ring (bicyclic) bond motifs is 1. The van der Waals surface area contributed by atoms with E-state index in [0.717, 1.165) is 11.3 Å². The molecule has 17 heavy (non-hydrogen) atoms. The first kappa shape index (κ1) is 9.59. The van der Waals surface area contributed by atoms with Gasteiger partial charge in [-0.25, -0.2) is 9.78 Å². The van der Waals surface area contributed by atoms with Crippen molar-refractivity contribution in [1.29, 1.82) is 0 Å². The first-order chi connectivity index (χ1) is 8.25. The van der Waals surface area contributed by atoms with Crippen LogP contribution in [0.5, 0.6) is 0 Å². The van der Waals surface area contributed by atoms with Crippen LogP contribution in [0.1, 0.15) is 10.4 Å². The van der Waals surface area contributed by atoms with Crippen LogP contribution in [-0.4, -0.2) is 31.2 Å². The Morgan fingerprint density at radius 1 is 1.29 bits per heavy atom. The van der Waals surface area contributed by atoms with Gasteiger partial charge in [0.2, 0.25) is 0 Å². The highest BCUT2D eigenvalue weighted by molar-refractivity contribution is 6.02. The molecule has 0 spiro atoms. The van der Waals surface area contributed by atoms with E-state index >= 15 is 0 Å². The zero-order valence-corrected chi connectivity index (χ0v) is 8.64. The molecule has 0 atom stereocenters. The van der Waals surface area contributed by atoms with Crippen molar-refractivity contribution in [3.8, 4) is 11.3 Å². The standard InChI is InChI=1S/C11H8N4O2/c16-11(17)8-5-12-10-7(8)1-2-9(15-10)6-3-13-14-4-6/h1-5H,(H,12,15)(H,13,14)(H,16,17). The summed E-state index contributed by atoms with van der Waals surface area (Å²) in [7, 11) is 0. The maximum Gasteiger partial charge on any atom is 0.337 e. The molecule has 6 heteroatoms. The summed E-state index contributed by atoms with van der Waals surface area (Å²) in [5.41, 5.74) is 2.38. The molecule has 0 amide bonds. The van der Waals surface area contributed by atoms with Gasteiger partial charge in [-0.1, -0.05) is 0 Å². The van der Waals surface area contributed by atoms with E-state index in [1.54, 1.807) is 24.5 Å². The van der Waals surface area contributed by atoms with E-state index in [4.69, 9.17) is 5.11 Å². The van der Waals surface area contributed by atoms with E-state index in [-0.39, 0.29) is 5.56 Å². The zero-order chi connectivity index (χ0) is 11.8. The number of aromatic carboxylic acids is 1. The number of nitrogens with zero attached hydrogens (tertiary/aromatic N) is 2. The van der Waals surface area contributed by atoms with Crippen LogP contribution >= 0.6 is 0 Å². The molecule has 0 radical (unpaired) electrons. The minimum atomic E-state index is -0.964. The van der Waals surface area contributed by atoms with Crippen LogP contribution in [0.4, 0.5) is 0 Å². The molecular formula is C11H8N4O2. The first-order valence-electron chi connectivity index (χ1n) is 4.96. The summed E-state index contributed by atoms with van der Waals surface area (Å²) in [5, 5.41) is 16.1. The molecule has 0 fully saturated rings. The highest BCUT2D eigenvalue weighted by Crippen LogP contribution is 2.21. The maximum atomic E-state index is 10.9. The molecule has 0 aliphatic rings. The molecule has 0 saturated heterocycles. The topological polar surface area (TPSA) is 94.7 Å².